The first-order chi connectivity index (χ1) is 60.2. The summed E-state index contributed by atoms with van der Waals surface area (Å²) in [5.41, 5.74) is 17.2. The van der Waals surface area contributed by atoms with Gasteiger partial charge in [-0.2, -0.15) is 4.40 Å². The van der Waals surface area contributed by atoms with Crippen LogP contribution in [0.1, 0.15) is 230 Å². The molecule has 0 amide bonds. The summed E-state index contributed by atoms with van der Waals surface area (Å²) in [4.78, 5) is 38.5. The van der Waals surface area contributed by atoms with Gasteiger partial charge in [0.2, 0.25) is 0 Å². The molecule has 0 saturated heterocycles. The fraction of sp³-hybridized carbons (Fsp3) is 0.604. The molecule has 3 atom stereocenters. The van der Waals surface area contributed by atoms with E-state index in [1.54, 1.807) is 28.4 Å². The number of nitrogens with two attached hydrogens (primary N) is 1. The van der Waals surface area contributed by atoms with Crippen LogP contribution in [0.3, 0.4) is 0 Å². The van der Waals surface area contributed by atoms with Crippen molar-refractivity contribution in [2.24, 2.45) is 37.2 Å². The average Bonchev–Trinajstić information content (AvgIpc) is 1.56. The molecule has 10 aliphatic carbocycles. The fourth-order valence-corrected chi connectivity index (χ4v) is 27.5. The summed E-state index contributed by atoms with van der Waals surface area (Å²) >= 11 is 10.0. The van der Waals surface area contributed by atoms with Gasteiger partial charge >= 0.3 is 102 Å². The number of allylic oxidation sites excluding steroid dienone is 1. The Morgan fingerprint density at radius 3 is 1.20 bits per heavy atom. The number of ether oxygens (including phenoxy) is 9. The van der Waals surface area contributed by atoms with Crippen molar-refractivity contribution in [2.75, 3.05) is 67.7 Å². The minimum absolute atomic E-state index is 0. The number of hydrogen-bond donors (Lipinski definition) is 1. The molecular weight excluding hydrogens is 2290 g/mol. The second-order valence-corrected chi connectivity index (χ2v) is 58.8. The van der Waals surface area contributed by atoms with Crippen LogP contribution in [0, 0.1) is 33.3 Å². The maximum Gasteiger partial charge on any atom is 1.00 e. The fourth-order valence-electron chi connectivity index (χ4n) is 21.6. The summed E-state index contributed by atoms with van der Waals surface area (Å²) in [6.45, 7) is 28.3. The molecule has 0 heterocycles. The van der Waals surface area contributed by atoms with E-state index >= 15 is 0 Å². The van der Waals surface area contributed by atoms with Crippen LogP contribution in [0.5, 0.6) is 0 Å². The van der Waals surface area contributed by atoms with Crippen LogP contribution < -0.4 is 88.0 Å². The molecular formula is C96H130Br5Cl3ILiN2NaO18RuSSi. The molecule has 130 heavy (non-hydrogen) atoms. The largest absolute Gasteiger partial charge is 1.00 e. The quantitative estimate of drug-likeness (QED) is 0.0280. The van der Waals surface area contributed by atoms with Crippen LogP contribution in [0.2, 0.25) is 25.7 Å². The summed E-state index contributed by atoms with van der Waals surface area (Å²) in [6, 6.07) is 32.2. The first-order valence-electron chi connectivity index (χ1n) is 44.1. The number of hydrogen-bond acceptors (Lipinski definition) is 19. The first-order valence-corrected chi connectivity index (χ1v) is 63.6. The molecule has 5 aromatic carbocycles. The summed E-state index contributed by atoms with van der Waals surface area (Å²) in [5, 5.41) is 0. The third-order valence-corrected chi connectivity index (χ3v) is 34.6. The maximum atomic E-state index is 13.0. The van der Waals surface area contributed by atoms with Gasteiger partial charge < -0.3 is 54.6 Å². The summed E-state index contributed by atoms with van der Waals surface area (Å²) in [7, 11) is 18.8. The van der Waals surface area contributed by atoms with E-state index in [9.17, 15) is 22.8 Å². The monoisotopic (exact) mass is 2420 g/mol. The Morgan fingerprint density at radius 2 is 0.823 bits per heavy atom. The van der Waals surface area contributed by atoms with Gasteiger partial charge in [-0.15, -0.1) is 0 Å². The van der Waals surface area contributed by atoms with E-state index in [2.05, 4.69) is 196 Å². The summed E-state index contributed by atoms with van der Waals surface area (Å²) in [6.07, 6.45) is 28.6. The second-order valence-electron chi connectivity index (χ2n) is 36.8. The minimum Gasteiger partial charge on any atom is -0.286 e. The van der Waals surface area contributed by atoms with Crippen molar-refractivity contribution in [3.63, 3.8) is 0 Å². The number of fused-ring (bicyclic) bond motifs is 5. The van der Waals surface area contributed by atoms with Gasteiger partial charge in [0.05, 0.1) is 78.4 Å². The van der Waals surface area contributed by atoms with Crippen molar-refractivity contribution in [3.8, 4) is 0 Å². The van der Waals surface area contributed by atoms with Crippen LogP contribution in [0.25, 0.3) is 0 Å². The third kappa shape index (κ3) is 28.9. The molecule has 10 aliphatic rings. The molecule has 0 bridgehead atoms. The normalized spacial score (nSPS) is 28.4. The van der Waals surface area contributed by atoms with E-state index in [-0.39, 0.29) is 111 Å². The number of carbonyl (C=O) groups excluding carboxylic acids is 3. The van der Waals surface area contributed by atoms with E-state index in [0.29, 0.717) is 50.5 Å². The molecule has 5 spiro atoms. The van der Waals surface area contributed by atoms with Crippen LogP contribution in [-0.4, -0.2) is 138 Å². The smallest absolute Gasteiger partial charge is 0.286 e. The number of halogens is 9. The predicted octanol–water partition coefficient (Wildman–Crippen LogP) is 11.2. The van der Waals surface area contributed by atoms with Gasteiger partial charge in [0.15, 0.2) is 5.78 Å². The van der Waals surface area contributed by atoms with Gasteiger partial charge in [-0.05, 0) is 324 Å². The van der Waals surface area contributed by atoms with E-state index in [4.69, 9.17) is 86.4 Å². The molecule has 34 heteroatoms. The Morgan fingerprint density at radius 1 is 0.508 bits per heavy atom. The van der Waals surface area contributed by atoms with E-state index in [0.717, 1.165) is 210 Å². The molecule has 2 N–H and O–H groups in total. The van der Waals surface area contributed by atoms with E-state index in [1.807, 2.05) is 71.2 Å². The Bertz CT molecular complexity index is 4490. The number of sulfonamides is 1. The van der Waals surface area contributed by atoms with Gasteiger partial charge in [-0.3, -0.25) is 23.3 Å². The van der Waals surface area contributed by atoms with Crippen molar-refractivity contribution in [3.05, 3.63) is 194 Å². The molecule has 0 aromatic heterocycles. The first kappa shape index (κ1) is 118. The second kappa shape index (κ2) is 51.9. The van der Waals surface area contributed by atoms with Crippen LogP contribution in [-0.2, 0) is 124 Å². The van der Waals surface area contributed by atoms with Gasteiger partial charge in [0.25, 0.3) is 10.0 Å². The minimum atomic E-state index is -5.94. The number of esters is 2. The van der Waals surface area contributed by atoms with Crippen molar-refractivity contribution in [1.29, 1.82) is 0 Å². The summed E-state index contributed by atoms with van der Waals surface area (Å²) < 4.78 is 119. The van der Waals surface area contributed by atoms with Crippen molar-refractivity contribution >= 4 is 150 Å². The van der Waals surface area contributed by atoms with E-state index in [1.165, 1.54) is 46.2 Å². The van der Waals surface area contributed by atoms with Gasteiger partial charge in [0, 0.05) is 100.0 Å². The third-order valence-electron chi connectivity index (χ3n) is 28.8. The Hall–Kier alpha value is -0.552. The van der Waals surface area contributed by atoms with Crippen molar-refractivity contribution in [2.45, 2.75) is 275 Å². The number of methoxy groups -OCH3 is 5. The van der Waals surface area contributed by atoms with E-state index < -0.39 is 62.1 Å². The van der Waals surface area contributed by atoms with Crippen LogP contribution in [0.4, 0.5) is 0 Å². The number of carbonyl (C=O) groups is 3. The topological polar surface area (TPSA) is 299 Å². The van der Waals surface area contributed by atoms with Crippen LogP contribution >= 0.6 is 109 Å². The number of rotatable bonds is 18. The molecule has 0 aliphatic heterocycles. The Labute approximate surface area is 874 Å². The van der Waals surface area contributed by atoms with Gasteiger partial charge in [-0.25, -0.2) is 19.8 Å². The number of Topliss-reactive ketones (excluding diaryl/α,β-unsaturated/α-hetero) is 1. The molecule has 15 rings (SSSR count). The molecule has 5 fully saturated rings. The van der Waals surface area contributed by atoms with Gasteiger partial charge in [0.1, 0.15) is 25.6 Å². The molecule has 0 radical (unpaired) electrons. The number of nitrogens with zero attached hydrogens (tertiary/aromatic N) is 1. The van der Waals surface area contributed by atoms with Crippen LogP contribution in [0.15, 0.2) is 137 Å². The Balaban J connectivity index is 0.000000241. The maximum absolute atomic E-state index is 13.0. The number of ketones is 1. The molecule has 715 valence electrons. The molecule has 5 aromatic rings. The van der Waals surface area contributed by atoms with Gasteiger partial charge in [-0.1, -0.05) is 136 Å². The summed E-state index contributed by atoms with van der Waals surface area (Å²) in [5.74, 6) is 1.06. The standard InChI is InChI=1S/C20H30BrNO3SSi.C20H27BrO2.C19H25BrO3.C18H24BrNO3.C15H17BrO2.C4H7O.3ClH.IO4.Li.Na.Ru/c1-25-17-7-9-20(10-8-17)14-15-5-6-16(21)13-18(15)19(20)22-26(23,24)11-12-27(2,3)4;1-5-23-14(2)19(3)18-12-16(21)7-6-15(18)13-20(19)10-8-17(22-4)9-11-20;1-4-23-17(21)18(2)16-11-14(20)6-5-13(16)12-19(18)9-7-15(22-3)8-10-19;1-3-23-16(21)18(20)15-10-13(19)5-4-12(15)11-17(18)8-6-14(22-2)7-9-17;1-18-12-4-6-15(7-5-12)9-10-2-3-11(16)8-13(10)14(15)17;1-3-5-4-2;;;;2-1(3,4)5;;;/h5-6,13,17H,7-12,14H2,1-4H3;6-7,12,17H,2,5,8-11,13H2,1,3-4H3;5-6,11,15H,4,7-10,12H2,1-3H3;4-5,10,14H,3,6-9,11,20H2,1-2H3;2-3,8,12H,4-7,9H2,1H3;1,4H2,2H3;3*1H;;;;/q;;;;;-1;;;;-1;2*+1;+3/p-3. The zero-order valence-electron chi connectivity index (χ0n) is 78.4. The average molecular weight is 2420 g/mol. The SMILES string of the molecule is C=C(OCC)C1(C)c2cc(Br)ccc2CC12CCC(OC)CC2.C=[C-]OCC.CCOC(=O)C1(C)c2cc(Br)ccc2CC12CCC(OC)CC2.CCOC(=O)C1(N)c2cc(Br)ccc2CC12CCC(OC)CC2.COC1CCC2(CC1)Cc1ccc(Br)cc1C2=NS(=O)(=O)CC[Si](C)(C)C.COC1CCC2(CC1)Cc1ccc(Br)cc1C2=O.[Cl][Ru]([Cl])[Cl].[Li+].[Na+].[O-][I+3]([O-])([O-])[O-]. The zero-order chi connectivity index (χ0) is 94.8. The molecule has 5 saturated carbocycles. The van der Waals surface area contributed by atoms with Crippen molar-refractivity contribution in [1.82, 2.24) is 0 Å². The molecule has 3 unspecified atom stereocenters. The zero-order valence-corrected chi connectivity index (χ0v) is 96.3. The van der Waals surface area contributed by atoms with Crippen molar-refractivity contribution < 1.29 is 161 Å². The molecule has 20 nitrogen and oxygen atoms in total. The predicted molar refractivity (Wildman–Crippen MR) is 513 cm³/mol. The Kier molecular flexibility index (Phi) is 47.2. The number of benzene rings is 5.